The summed E-state index contributed by atoms with van der Waals surface area (Å²) in [6, 6.07) is 14.9. The number of nitrogens with zero attached hydrogens (tertiary/aromatic N) is 3. The number of hydrogen-bond acceptors (Lipinski definition) is 7. The first-order chi connectivity index (χ1) is 14.9. The first-order valence-corrected chi connectivity index (χ1v) is 10.4. The van der Waals surface area contributed by atoms with E-state index in [2.05, 4.69) is 15.3 Å². The molecule has 0 fully saturated rings. The second-order valence-corrected chi connectivity index (χ2v) is 8.25. The Balaban J connectivity index is 1.58. The molecule has 10 heteroatoms. The summed E-state index contributed by atoms with van der Waals surface area (Å²) in [7, 11) is 0. The molecule has 1 unspecified atom stereocenters. The van der Waals surface area contributed by atoms with Crippen LogP contribution < -0.4 is 5.32 Å². The van der Waals surface area contributed by atoms with Gasteiger partial charge in [0.2, 0.25) is 5.91 Å². The molecule has 2 aromatic carbocycles. The average molecular weight is 455 g/mol. The highest BCUT2D eigenvalue weighted by atomic mass is 35.5. The van der Waals surface area contributed by atoms with E-state index in [4.69, 9.17) is 16.0 Å². The molecule has 1 atom stereocenters. The topological polar surface area (TPSA) is 111 Å². The minimum atomic E-state index is -0.549. The number of benzene rings is 2. The van der Waals surface area contributed by atoms with Gasteiger partial charge in [0.1, 0.15) is 5.03 Å². The molecular formula is C21H15ClN4O4S. The quantitative estimate of drug-likeness (QED) is 0.175. The SMILES string of the molecule is CC(Sc1nc(-c2ccco2)nc2ccccc12)C(=O)Nc1ccc([N+](=O)[O-])cc1Cl. The molecule has 2 heterocycles. The van der Waals surface area contributed by atoms with E-state index >= 15 is 0 Å². The number of non-ortho nitro benzene ring substituents is 1. The van der Waals surface area contributed by atoms with Crippen molar-refractivity contribution in [1.29, 1.82) is 0 Å². The average Bonchev–Trinajstić information content (AvgIpc) is 3.30. The van der Waals surface area contributed by atoms with Crippen molar-refractivity contribution in [2.24, 2.45) is 0 Å². The maximum Gasteiger partial charge on any atom is 0.271 e. The largest absolute Gasteiger partial charge is 0.461 e. The predicted molar refractivity (Wildman–Crippen MR) is 119 cm³/mol. The minimum absolute atomic E-state index is 0.0901. The molecule has 0 aliphatic rings. The van der Waals surface area contributed by atoms with Gasteiger partial charge in [-0.2, -0.15) is 0 Å². The van der Waals surface area contributed by atoms with Gasteiger partial charge >= 0.3 is 0 Å². The molecule has 0 bridgehead atoms. The van der Waals surface area contributed by atoms with Crippen molar-refractivity contribution in [2.45, 2.75) is 17.2 Å². The lowest BCUT2D eigenvalue weighted by molar-refractivity contribution is -0.384. The standard InChI is InChI=1S/C21H15ClN4O4S/c1-12(20(27)24-17-9-8-13(26(28)29)11-15(17)22)31-21-14-5-2-3-6-16(14)23-19(25-21)18-7-4-10-30-18/h2-12H,1H3,(H,24,27). The Labute approximate surface area is 185 Å². The Morgan fingerprint density at radius 1 is 1.19 bits per heavy atom. The number of furan rings is 1. The van der Waals surface area contributed by atoms with Gasteiger partial charge in [0.15, 0.2) is 11.6 Å². The third-order valence-electron chi connectivity index (χ3n) is 4.39. The summed E-state index contributed by atoms with van der Waals surface area (Å²) < 4.78 is 5.42. The van der Waals surface area contributed by atoms with Crippen LogP contribution >= 0.6 is 23.4 Å². The number of nitro groups is 1. The Morgan fingerprint density at radius 2 is 2.00 bits per heavy atom. The highest BCUT2D eigenvalue weighted by molar-refractivity contribution is 8.00. The van der Waals surface area contributed by atoms with Crippen LogP contribution in [0.4, 0.5) is 11.4 Å². The van der Waals surface area contributed by atoms with Crippen molar-refractivity contribution in [3.63, 3.8) is 0 Å². The van der Waals surface area contributed by atoms with Gasteiger partial charge in [-0.25, -0.2) is 9.97 Å². The van der Waals surface area contributed by atoms with Crippen LogP contribution in [0.1, 0.15) is 6.92 Å². The van der Waals surface area contributed by atoms with Crippen molar-refractivity contribution >= 4 is 51.5 Å². The van der Waals surface area contributed by atoms with E-state index in [0.717, 1.165) is 10.9 Å². The zero-order valence-corrected chi connectivity index (χ0v) is 17.7. The van der Waals surface area contributed by atoms with Crippen molar-refractivity contribution in [3.05, 3.63) is 76.0 Å². The molecule has 0 saturated heterocycles. The third kappa shape index (κ3) is 4.52. The summed E-state index contributed by atoms with van der Waals surface area (Å²) in [5.74, 6) is 0.641. The zero-order valence-electron chi connectivity index (χ0n) is 16.1. The number of carbonyl (C=O) groups excluding carboxylic acids is 1. The van der Waals surface area contributed by atoms with E-state index in [9.17, 15) is 14.9 Å². The maximum absolute atomic E-state index is 12.8. The number of amides is 1. The Hall–Kier alpha value is -3.43. The van der Waals surface area contributed by atoms with Crippen LogP contribution in [0.5, 0.6) is 0 Å². The summed E-state index contributed by atoms with van der Waals surface area (Å²) in [4.78, 5) is 32.2. The Bertz CT molecular complexity index is 1280. The smallest absolute Gasteiger partial charge is 0.271 e. The fraction of sp³-hybridized carbons (Fsp3) is 0.0952. The fourth-order valence-corrected chi connectivity index (χ4v) is 3.99. The van der Waals surface area contributed by atoms with Gasteiger partial charge in [-0.3, -0.25) is 14.9 Å². The number of fused-ring (bicyclic) bond motifs is 1. The summed E-state index contributed by atoms with van der Waals surface area (Å²) in [5, 5.41) is 14.6. The van der Waals surface area contributed by atoms with E-state index < -0.39 is 10.2 Å². The van der Waals surface area contributed by atoms with Crippen molar-refractivity contribution in [2.75, 3.05) is 5.32 Å². The number of anilines is 1. The van der Waals surface area contributed by atoms with E-state index in [0.29, 0.717) is 22.3 Å². The Morgan fingerprint density at radius 3 is 2.71 bits per heavy atom. The lowest BCUT2D eigenvalue weighted by Crippen LogP contribution is -2.22. The van der Waals surface area contributed by atoms with E-state index in [1.807, 2.05) is 24.3 Å². The van der Waals surface area contributed by atoms with E-state index in [-0.39, 0.29) is 16.6 Å². The summed E-state index contributed by atoms with van der Waals surface area (Å²) in [6.45, 7) is 1.74. The first kappa shape index (κ1) is 20.8. The van der Waals surface area contributed by atoms with Crippen LogP contribution in [0, 0.1) is 10.1 Å². The van der Waals surface area contributed by atoms with E-state index in [1.165, 1.54) is 30.0 Å². The van der Waals surface area contributed by atoms with Crippen LogP contribution in [0.3, 0.4) is 0 Å². The van der Waals surface area contributed by atoms with Crippen molar-refractivity contribution in [1.82, 2.24) is 9.97 Å². The number of nitro benzene ring substituents is 1. The van der Waals surface area contributed by atoms with Gasteiger partial charge in [0.05, 0.1) is 32.7 Å². The second kappa shape index (κ2) is 8.75. The number of aromatic nitrogens is 2. The highest BCUT2D eigenvalue weighted by Gasteiger charge is 2.20. The van der Waals surface area contributed by atoms with Crippen LogP contribution in [0.15, 0.2) is 70.3 Å². The zero-order chi connectivity index (χ0) is 22.0. The van der Waals surface area contributed by atoms with Gasteiger partial charge < -0.3 is 9.73 Å². The predicted octanol–water partition coefficient (Wildman–Crippen LogP) is 5.57. The number of halogens is 1. The number of thioether (sulfide) groups is 1. The van der Waals surface area contributed by atoms with Gasteiger partial charge in [-0.15, -0.1) is 0 Å². The molecular weight excluding hydrogens is 440 g/mol. The van der Waals surface area contributed by atoms with Crippen LogP contribution in [-0.4, -0.2) is 26.0 Å². The molecule has 0 radical (unpaired) electrons. The fourth-order valence-electron chi connectivity index (χ4n) is 2.83. The van der Waals surface area contributed by atoms with Crippen molar-refractivity contribution < 1.29 is 14.1 Å². The van der Waals surface area contributed by atoms with Gasteiger partial charge in [-0.05, 0) is 31.2 Å². The molecule has 4 aromatic rings. The lowest BCUT2D eigenvalue weighted by Gasteiger charge is -2.14. The Kier molecular flexibility index (Phi) is 5.88. The van der Waals surface area contributed by atoms with Gasteiger partial charge in [0.25, 0.3) is 5.69 Å². The molecule has 0 aliphatic carbocycles. The monoisotopic (exact) mass is 454 g/mol. The minimum Gasteiger partial charge on any atom is -0.461 e. The second-order valence-electron chi connectivity index (χ2n) is 6.52. The molecule has 1 amide bonds. The molecule has 0 aliphatic heterocycles. The summed E-state index contributed by atoms with van der Waals surface area (Å²) in [6.07, 6.45) is 1.55. The summed E-state index contributed by atoms with van der Waals surface area (Å²) >= 11 is 7.35. The maximum atomic E-state index is 12.8. The number of rotatable bonds is 6. The molecule has 2 aromatic heterocycles. The van der Waals surface area contributed by atoms with Crippen LogP contribution in [-0.2, 0) is 4.79 Å². The molecule has 1 N–H and O–H groups in total. The van der Waals surface area contributed by atoms with Crippen LogP contribution in [0.25, 0.3) is 22.5 Å². The summed E-state index contributed by atoms with van der Waals surface area (Å²) in [5.41, 5.74) is 0.884. The molecule has 156 valence electrons. The molecule has 0 saturated carbocycles. The van der Waals surface area contributed by atoms with Gasteiger partial charge in [0, 0.05) is 17.5 Å². The molecule has 0 spiro atoms. The first-order valence-electron chi connectivity index (χ1n) is 9.14. The number of para-hydroxylation sites is 1. The lowest BCUT2D eigenvalue weighted by atomic mass is 10.2. The highest BCUT2D eigenvalue weighted by Crippen LogP contribution is 2.32. The number of nitrogens with one attached hydrogen (secondary N) is 1. The van der Waals surface area contributed by atoms with Gasteiger partial charge in [-0.1, -0.05) is 41.6 Å². The number of carbonyl (C=O) groups is 1. The number of hydrogen-bond donors (Lipinski definition) is 1. The molecule has 31 heavy (non-hydrogen) atoms. The third-order valence-corrected chi connectivity index (χ3v) is 5.80. The molecule has 8 nitrogen and oxygen atoms in total. The van der Waals surface area contributed by atoms with Crippen LogP contribution in [0.2, 0.25) is 5.02 Å². The van der Waals surface area contributed by atoms with Crippen molar-refractivity contribution in [3.8, 4) is 11.6 Å². The normalized spacial score (nSPS) is 11.9. The van der Waals surface area contributed by atoms with E-state index in [1.54, 1.807) is 25.3 Å². The molecule has 4 rings (SSSR count).